The lowest BCUT2D eigenvalue weighted by Gasteiger charge is -2.05. The summed E-state index contributed by atoms with van der Waals surface area (Å²) in [7, 11) is 0. The van der Waals surface area contributed by atoms with Crippen molar-refractivity contribution >= 4 is 5.84 Å². The number of hydrogen-bond donors (Lipinski definition) is 3. The third-order valence-electron chi connectivity index (χ3n) is 2.79. The smallest absolute Gasteiger partial charge is 0.170 e. The molecule has 4 heteroatoms. The summed E-state index contributed by atoms with van der Waals surface area (Å²) in [5, 5.41) is 15.0. The standard InChI is InChI=1S/C12H17N3O/c13-12(15-16)11-3-1-2-10(6-11)8-14-7-9-4-5-9/h1-3,6,9,14,16H,4-5,7-8H2,(H2,13,15). The maximum absolute atomic E-state index is 8.58. The van der Waals surface area contributed by atoms with Crippen LogP contribution >= 0.6 is 0 Å². The van der Waals surface area contributed by atoms with Gasteiger partial charge < -0.3 is 16.3 Å². The Morgan fingerprint density at radius 3 is 3.00 bits per heavy atom. The van der Waals surface area contributed by atoms with Crippen LogP contribution in [0.5, 0.6) is 0 Å². The highest BCUT2D eigenvalue weighted by Crippen LogP contribution is 2.27. The van der Waals surface area contributed by atoms with Crippen molar-refractivity contribution in [3.63, 3.8) is 0 Å². The minimum atomic E-state index is 0.157. The van der Waals surface area contributed by atoms with Gasteiger partial charge in [-0.05, 0) is 36.9 Å². The minimum Gasteiger partial charge on any atom is -0.409 e. The fourth-order valence-corrected chi connectivity index (χ4v) is 1.64. The fourth-order valence-electron chi connectivity index (χ4n) is 1.64. The zero-order valence-corrected chi connectivity index (χ0v) is 9.19. The van der Waals surface area contributed by atoms with Crippen molar-refractivity contribution in [3.05, 3.63) is 35.4 Å². The lowest BCUT2D eigenvalue weighted by molar-refractivity contribution is 0.318. The van der Waals surface area contributed by atoms with E-state index in [9.17, 15) is 0 Å². The maximum Gasteiger partial charge on any atom is 0.170 e. The van der Waals surface area contributed by atoms with Gasteiger partial charge in [-0.15, -0.1) is 0 Å². The van der Waals surface area contributed by atoms with Gasteiger partial charge in [-0.3, -0.25) is 0 Å². The Balaban J connectivity index is 1.92. The van der Waals surface area contributed by atoms with E-state index in [0.717, 1.165) is 30.1 Å². The number of rotatable bonds is 5. The summed E-state index contributed by atoms with van der Waals surface area (Å²) in [6, 6.07) is 7.73. The van der Waals surface area contributed by atoms with Crippen molar-refractivity contribution in [2.45, 2.75) is 19.4 Å². The highest BCUT2D eigenvalue weighted by molar-refractivity contribution is 5.97. The van der Waals surface area contributed by atoms with Gasteiger partial charge in [-0.2, -0.15) is 0 Å². The summed E-state index contributed by atoms with van der Waals surface area (Å²) in [5.41, 5.74) is 7.44. The Hall–Kier alpha value is -1.55. The lowest BCUT2D eigenvalue weighted by atomic mass is 10.1. The molecular formula is C12H17N3O. The highest BCUT2D eigenvalue weighted by Gasteiger charge is 2.20. The molecule has 1 aliphatic carbocycles. The fraction of sp³-hybridized carbons (Fsp3) is 0.417. The number of nitrogens with zero attached hydrogens (tertiary/aromatic N) is 1. The number of hydrogen-bond acceptors (Lipinski definition) is 3. The van der Waals surface area contributed by atoms with E-state index in [4.69, 9.17) is 10.9 Å². The SMILES string of the molecule is NC(=NO)c1cccc(CNCC2CC2)c1. The Labute approximate surface area is 95.1 Å². The van der Waals surface area contributed by atoms with Crippen LogP contribution < -0.4 is 11.1 Å². The van der Waals surface area contributed by atoms with Crippen LogP contribution in [0.2, 0.25) is 0 Å². The first kappa shape index (κ1) is 11.0. The van der Waals surface area contributed by atoms with Gasteiger partial charge in [0, 0.05) is 12.1 Å². The predicted octanol–water partition coefficient (Wildman–Crippen LogP) is 1.28. The van der Waals surface area contributed by atoms with Crippen LogP contribution in [0.25, 0.3) is 0 Å². The number of nitrogens with two attached hydrogens (primary N) is 1. The van der Waals surface area contributed by atoms with E-state index in [2.05, 4.69) is 10.5 Å². The van der Waals surface area contributed by atoms with Crippen LogP contribution in [-0.2, 0) is 6.54 Å². The molecule has 0 saturated heterocycles. The average molecular weight is 219 g/mol. The van der Waals surface area contributed by atoms with E-state index in [1.165, 1.54) is 12.8 Å². The first-order valence-electron chi connectivity index (χ1n) is 5.57. The second-order valence-corrected chi connectivity index (χ2v) is 4.26. The molecule has 0 bridgehead atoms. The van der Waals surface area contributed by atoms with Gasteiger partial charge in [0.25, 0.3) is 0 Å². The summed E-state index contributed by atoms with van der Waals surface area (Å²) in [4.78, 5) is 0. The van der Waals surface area contributed by atoms with Gasteiger partial charge in [0.15, 0.2) is 5.84 Å². The second kappa shape index (κ2) is 4.99. The topological polar surface area (TPSA) is 70.6 Å². The molecule has 0 aromatic heterocycles. The van der Waals surface area contributed by atoms with Crippen molar-refractivity contribution in [1.29, 1.82) is 0 Å². The molecule has 0 atom stereocenters. The Kier molecular flexibility index (Phi) is 3.41. The zero-order valence-electron chi connectivity index (χ0n) is 9.19. The van der Waals surface area contributed by atoms with Crippen LogP contribution in [-0.4, -0.2) is 17.6 Å². The molecule has 0 spiro atoms. The van der Waals surface area contributed by atoms with Crippen molar-refractivity contribution in [2.75, 3.05) is 6.54 Å². The van der Waals surface area contributed by atoms with E-state index < -0.39 is 0 Å². The van der Waals surface area contributed by atoms with Gasteiger partial charge in [0.1, 0.15) is 0 Å². The quantitative estimate of drug-likeness (QED) is 0.302. The largest absolute Gasteiger partial charge is 0.409 e. The predicted molar refractivity (Wildman–Crippen MR) is 63.4 cm³/mol. The van der Waals surface area contributed by atoms with Crippen molar-refractivity contribution in [1.82, 2.24) is 5.32 Å². The molecule has 1 saturated carbocycles. The Bertz CT molecular complexity index is 386. The second-order valence-electron chi connectivity index (χ2n) is 4.26. The first-order valence-corrected chi connectivity index (χ1v) is 5.57. The molecule has 0 heterocycles. The third kappa shape index (κ3) is 2.97. The molecule has 1 aliphatic rings. The van der Waals surface area contributed by atoms with E-state index in [-0.39, 0.29) is 5.84 Å². The van der Waals surface area contributed by atoms with Crippen molar-refractivity contribution < 1.29 is 5.21 Å². The number of amidine groups is 1. The van der Waals surface area contributed by atoms with E-state index >= 15 is 0 Å². The molecular weight excluding hydrogens is 202 g/mol. The molecule has 0 unspecified atom stereocenters. The van der Waals surface area contributed by atoms with Crippen LogP contribution in [0.4, 0.5) is 0 Å². The molecule has 16 heavy (non-hydrogen) atoms. The van der Waals surface area contributed by atoms with Crippen LogP contribution in [0.1, 0.15) is 24.0 Å². The van der Waals surface area contributed by atoms with Gasteiger partial charge in [-0.25, -0.2) is 0 Å². The van der Waals surface area contributed by atoms with Crippen molar-refractivity contribution in [3.8, 4) is 0 Å². The summed E-state index contributed by atoms with van der Waals surface area (Å²) < 4.78 is 0. The van der Waals surface area contributed by atoms with Gasteiger partial charge >= 0.3 is 0 Å². The number of benzene rings is 1. The van der Waals surface area contributed by atoms with E-state index in [0.29, 0.717) is 0 Å². The van der Waals surface area contributed by atoms with Gasteiger partial charge in [0.2, 0.25) is 0 Å². The summed E-state index contributed by atoms with van der Waals surface area (Å²) in [6.07, 6.45) is 2.72. The van der Waals surface area contributed by atoms with E-state index in [1.54, 1.807) is 0 Å². The monoisotopic (exact) mass is 219 g/mol. The lowest BCUT2D eigenvalue weighted by Crippen LogP contribution is -2.17. The van der Waals surface area contributed by atoms with E-state index in [1.807, 2.05) is 24.3 Å². The molecule has 86 valence electrons. The van der Waals surface area contributed by atoms with Gasteiger partial charge in [0.05, 0.1) is 0 Å². The van der Waals surface area contributed by atoms with Crippen LogP contribution in [0, 0.1) is 5.92 Å². The van der Waals surface area contributed by atoms with Crippen molar-refractivity contribution in [2.24, 2.45) is 16.8 Å². The molecule has 0 aliphatic heterocycles. The molecule has 4 nitrogen and oxygen atoms in total. The normalized spacial score (nSPS) is 16.4. The minimum absolute atomic E-state index is 0.157. The average Bonchev–Trinajstić information content (AvgIpc) is 3.12. The van der Waals surface area contributed by atoms with Crippen LogP contribution in [0.3, 0.4) is 0 Å². The molecule has 1 aromatic rings. The molecule has 0 amide bonds. The number of nitrogens with one attached hydrogen (secondary N) is 1. The highest BCUT2D eigenvalue weighted by atomic mass is 16.4. The molecule has 0 radical (unpaired) electrons. The molecule has 1 aromatic carbocycles. The molecule has 2 rings (SSSR count). The van der Waals surface area contributed by atoms with Gasteiger partial charge in [-0.1, -0.05) is 23.4 Å². The third-order valence-corrected chi connectivity index (χ3v) is 2.79. The summed E-state index contributed by atoms with van der Waals surface area (Å²) in [6.45, 7) is 1.93. The maximum atomic E-state index is 8.58. The Morgan fingerprint density at radius 2 is 2.31 bits per heavy atom. The van der Waals surface area contributed by atoms with Crippen LogP contribution in [0.15, 0.2) is 29.4 Å². The first-order chi connectivity index (χ1) is 7.79. The summed E-state index contributed by atoms with van der Waals surface area (Å²) >= 11 is 0. The number of oxime groups is 1. The molecule has 1 fully saturated rings. The zero-order chi connectivity index (χ0) is 11.4. The Morgan fingerprint density at radius 1 is 1.50 bits per heavy atom. The summed E-state index contributed by atoms with van der Waals surface area (Å²) in [5.74, 6) is 1.04. The molecule has 4 N–H and O–H groups in total.